The first-order valence-corrected chi connectivity index (χ1v) is 7.70. The van der Waals surface area contributed by atoms with Crippen LogP contribution in [0.25, 0.3) is 0 Å². The molecular formula is C17H21N3O3. The van der Waals surface area contributed by atoms with Crippen LogP contribution in [0, 0.1) is 0 Å². The second-order valence-electron chi connectivity index (χ2n) is 5.67. The molecular weight excluding hydrogens is 294 g/mol. The van der Waals surface area contributed by atoms with Gasteiger partial charge in [0.2, 0.25) is 5.91 Å². The minimum absolute atomic E-state index is 0.0192. The van der Waals surface area contributed by atoms with Gasteiger partial charge in [-0.25, -0.2) is 4.98 Å². The van der Waals surface area contributed by atoms with Crippen LogP contribution >= 0.6 is 0 Å². The molecule has 23 heavy (non-hydrogen) atoms. The van der Waals surface area contributed by atoms with E-state index in [9.17, 15) is 4.79 Å². The smallest absolute Gasteiger partial charge is 0.224 e. The number of ether oxygens (including phenoxy) is 2. The highest BCUT2D eigenvalue weighted by molar-refractivity contribution is 5.79. The molecule has 1 N–H and O–H groups in total. The van der Waals surface area contributed by atoms with E-state index in [2.05, 4.69) is 14.9 Å². The molecule has 1 aliphatic heterocycles. The summed E-state index contributed by atoms with van der Waals surface area (Å²) < 4.78 is 12.6. The molecule has 1 unspecified atom stereocenters. The Bertz CT molecular complexity index is 696. The zero-order valence-electron chi connectivity index (χ0n) is 13.4. The predicted octanol–water partition coefficient (Wildman–Crippen LogP) is 1.57. The quantitative estimate of drug-likeness (QED) is 0.910. The van der Waals surface area contributed by atoms with Crippen LogP contribution in [0.15, 0.2) is 30.6 Å². The number of aromatic nitrogens is 2. The van der Waals surface area contributed by atoms with Gasteiger partial charge in [0, 0.05) is 31.4 Å². The molecule has 1 amide bonds. The van der Waals surface area contributed by atoms with Crippen LogP contribution in [0.2, 0.25) is 0 Å². The van der Waals surface area contributed by atoms with Crippen LogP contribution in [0.1, 0.15) is 17.8 Å². The number of nitrogens with zero attached hydrogens (tertiary/aromatic N) is 2. The van der Waals surface area contributed by atoms with E-state index in [0.717, 1.165) is 30.8 Å². The molecule has 0 radical (unpaired) electrons. The average molecular weight is 315 g/mol. The predicted molar refractivity (Wildman–Crippen MR) is 85.7 cm³/mol. The normalized spacial score (nSPS) is 16.5. The Hall–Kier alpha value is -2.50. The summed E-state index contributed by atoms with van der Waals surface area (Å²) >= 11 is 0. The van der Waals surface area contributed by atoms with Crippen LogP contribution < -0.4 is 14.8 Å². The monoisotopic (exact) mass is 315 g/mol. The van der Waals surface area contributed by atoms with E-state index in [1.807, 2.05) is 30.6 Å². The molecule has 122 valence electrons. The Morgan fingerprint density at radius 1 is 1.35 bits per heavy atom. The molecule has 2 heterocycles. The van der Waals surface area contributed by atoms with Crippen LogP contribution in [0.4, 0.5) is 0 Å². The first-order valence-electron chi connectivity index (χ1n) is 7.70. The zero-order chi connectivity index (χ0) is 16.2. The minimum atomic E-state index is 0.0192. The number of hydrogen-bond acceptors (Lipinski definition) is 4. The highest BCUT2D eigenvalue weighted by Gasteiger charge is 2.20. The van der Waals surface area contributed by atoms with Crippen molar-refractivity contribution in [2.45, 2.75) is 31.8 Å². The van der Waals surface area contributed by atoms with Gasteiger partial charge in [-0.15, -0.1) is 0 Å². The lowest BCUT2D eigenvalue weighted by atomic mass is 10.1. The molecule has 3 rings (SSSR count). The van der Waals surface area contributed by atoms with E-state index < -0.39 is 0 Å². The molecule has 2 aromatic rings. The second kappa shape index (κ2) is 6.73. The third-order valence-electron chi connectivity index (χ3n) is 4.11. The number of aryl methyl sites for hydroxylation is 1. The van der Waals surface area contributed by atoms with Gasteiger partial charge >= 0.3 is 0 Å². The molecule has 1 aromatic heterocycles. The summed E-state index contributed by atoms with van der Waals surface area (Å²) in [6.07, 6.45) is 5.92. The number of rotatable bonds is 5. The van der Waals surface area contributed by atoms with Gasteiger partial charge in [0.05, 0.1) is 20.6 Å². The van der Waals surface area contributed by atoms with Crippen molar-refractivity contribution in [1.29, 1.82) is 0 Å². The van der Waals surface area contributed by atoms with Crippen LogP contribution in [-0.2, 0) is 24.2 Å². The lowest BCUT2D eigenvalue weighted by Crippen LogP contribution is -2.41. The van der Waals surface area contributed by atoms with Gasteiger partial charge < -0.3 is 19.4 Å². The Kier molecular flexibility index (Phi) is 4.50. The Morgan fingerprint density at radius 2 is 2.17 bits per heavy atom. The van der Waals surface area contributed by atoms with Gasteiger partial charge in [-0.05, 0) is 24.1 Å². The van der Waals surface area contributed by atoms with E-state index in [1.165, 1.54) is 0 Å². The maximum atomic E-state index is 12.3. The Morgan fingerprint density at radius 3 is 2.96 bits per heavy atom. The summed E-state index contributed by atoms with van der Waals surface area (Å²) in [7, 11) is 3.18. The zero-order valence-corrected chi connectivity index (χ0v) is 13.4. The van der Waals surface area contributed by atoms with Crippen molar-refractivity contribution in [1.82, 2.24) is 14.9 Å². The van der Waals surface area contributed by atoms with E-state index in [4.69, 9.17) is 9.47 Å². The number of carbonyl (C=O) groups is 1. The maximum absolute atomic E-state index is 12.3. The number of benzene rings is 1. The van der Waals surface area contributed by atoms with E-state index in [1.54, 1.807) is 14.2 Å². The summed E-state index contributed by atoms with van der Waals surface area (Å²) in [5.74, 6) is 2.41. The van der Waals surface area contributed by atoms with Gasteiger partial charge in [-0.1, -0.05) is 6.07 Å². The van der Waals surface area contributed by atoms with Crippen molar-refractivity contribution in [2.24, 2.45) is 0 Å². The number of amides is 1. The van der Waals surface area contributed by atoms with Crippen molar-refractivity contribution in [3.63, 3.8) is 0 Å². The van der Waals surface area contributed by atoms with Crippen LogP contribution in [0.3, 0.4) is 0 Å². The Labute approximate surface area is 135 Å². The van der Waals surface area contributed by atoms with Crippen molar-refractivity contribution in [3.8, 4) is 11.5 Å². The lowest BCUT2D eigenvalue weighted by molar-refractivity contribution is -0.121. The number of nitrogens with one attached hydrogen (secondary N) is 1. The summed E-state index contributed by atoms with van der Waals surface area (Å²) in [4.78, 5) is 16.6. The van der Waals surface area contributed by atoms with Gasteiger partial charge in [-0.2, -0.15) is 0 Å². The highest BCUT2D eigenvalue weighted by atomic mass is 16.5. The van der Waals surface area contributed by atoms with Crippen molar-refractivity contribution in [3.05, 3.63) is 42.0 Å². The topological polar surface area (TPSA) is 65.4 Å². The Balaban J connectivity index is 1.59. The fraction of sp³-hybridized carbons (Fsp3) is 0.412. The van der Waals surface area contributed by atoms with Crippen LogP contribution in [0.5, 0.6) is 11.5 Å². The molecule has 0 fully saturated rings. The first kappa shape index (κ1) is 15.4. The van der Waals surface area contributed by atoms with Gasteiger partial charge in [-0.3, -0.25) is 4.79 Å². The number of carbonyl (C=O) groups excluding carboxylic acids is 1. The molecule has 0 aliphatic carbocycles. The molecule has 1 atom stereocenters. The maximum Gasteiger partial charge on any atom is 0.224 e. The lowest BCUT2D eigenvalue weighted by Gasteiger charge is -2.24. The van der Waals surface area contributed by atoms with Crippen molar-refractivity contribution < 1.29 is 14.3 Å². The average Bonchev–Trinajstić information content (AvgIpc) is 3.02. The minimum Gasteiger partial charge on any atom is -0.493 e. The summed E-state index contributed by atoms with van der Waals surface area (Å²) in [6, 6.07) is 5.70. The second-order valence-corrected chi connectivity index (χ2v) is 5.67. The molecule has 1 aromatic carbocycles. The van der Waals surface area contributed by atoms with Gasteiger partial charge in [0.25, 0.3) is 0 Å². The largest absolute Gasteiger partial charge is 0.493 e. The standard InChI is InChI=1S/C17H21N3O3/c1-22-14-5-3-12(9-15(14)23-2)10-17(21)19-13-4-6-16-18-7-8-20(16)11-13/h3,5,7-9,13H,4,6,10-11H2,1-2H3,(H,19,21). The number of imidazole rings is 1. The third kappa shape index (κ3) is 3.47. The summed E-state index contributed by atoms with van der Waals surface area (Å²) in [5.41, 5.74) is 0.902. The summed E-state index contributed by atoms with van der Waals surface area (Å²) in [6.45, 7) is 0.785. The van der Waals surface area contributed by atoms with E-state index in [-0.39, 0.29) is 11.9 Å². The molecule has 1 aliphatic rings. The van der Waals surface area contributed by atoms with Gasteiger partial charge in [0.15, 0.2) is 11.5 Å². The van der Waals surface area contributed by atoms with Crippen molar-refractivity contribution in [2.75, 3.05) is 14.2 Å². The van der Waals surface area contributed by atoms with Gasteiger partial charge in [0.1, 0.15) is 5.82 Å². The fourth-order valence-electron chi connectivity index (χ4n) is 2.94. The molecule has 0 saturated carbocycles. The molecule has 0 saturated heterocycles. The van der Waals surface area contributed by atoms with E-state index in [0.29, 0.717) is 17.9 Å². The summed E-state index contributed by atoms with van der Waals surface area (Å²) in [5, 5.41) is 3.10. The number of hydrogen-bond donors (Lipinski definition) is 1. The molecule has 0 bridgehead atoms. The first-order chi connectivity index (χ1) is 11.2. The number of fused-ring (bicyclic) bond motifs is 1. The fourth-order valence-corrected chi connectivity index (χ4v) is 2.94. The van der Waals surface area contributed by atoms with E-state index >= 15 is 0 Å². The van der Waals surface area contributed by atoms with Crippen LogP contribution in [-0.4, -0.2) is 35.7 Å². The SMILES string of the molecule is COc1ccc(CC(=O)NC2CCc3nccn3C2)cc1OC. The highest BCUT2D eigenvalue weighted by Crippen LogP contribution is 2.27. The molecule has 0 spiro atoms. The number of methoxy groups -OCH3 is 2. The van der Waals surface area contributed by atoms with Crippen molar-refractivity contribution >= 4 is 5.91 Å². The molecule has 6 heteroatoms. The third-order valence-corrected chi connectivity index (χ3v) is 4.11. The molecule has 6 nitrogen and oxygen atoms in total.